The zero-order chi connectivity index (χ0) is 25.8. The zero-order valence-corrected chi connectivity index (χ0v) is 20.3. The Balaban J connectivity index is 1.46. The van der Waals surface area contributed by atoms with Gasteiger partial charge in [0.1, 0.15) is 12.4 Å². The molecule has 1 N–H and O–H groups in total. The highest BCUT2D eigenvalue weighted by molar-refractivity contribution is 6.46. The smallest absolute Gasteiger partial charge is 0.295 e. The van der Waals surface area contributed by atoms with Crippen LogP contribution in [-0.4, -0.2) is 21.6 Å². The first-order valence-corrected chi connectivity index (χ1v) is 11.9. The molecule has 0 radical (unpaired) electrons. The van der Waals surface area contributed by atoms with Gasteiger partial charge in [0.15, 0.2) is 12.4 Å². The first-order chi connectivity index (χ1) is 18.0. The predicted molar refractivity (Wildman–Crippen MR) is 134 cm³/mol. The number of aromatic nitrogens is 2. The van der Waals surface area contributed by atoms with Crippen molar-refractivity contribution >= 4 is 17.4 Å². The van der Waals surface area contributed by atoms with Gasteiger partial charge in [0.25, 0.3) is 5.91 Å². The van der Waals surface area contributed by atoms with E-state index in [0.29, 0.717) is 23.5 Å². The molecule has 7 heteroatoms. The number of Topliss-reactive ketones (excluding diaryl/α,β-unsaturated/α-hetero) is 1. The van der Waals surface area contributed by atoms with Gasteiger partial charge < -0.3 is 14.7 Å². The number of rotatable bonds is 7. The molecule has 0 saturated carbocycles. The van der Waals surface area contributed by atoms with Crippen molar-refractivity contribution < 1.29 is 24.4 Å². The number of carbonyl (C=O) groups excluding carboxylic acids is 2. The van der Waals surface area contributed by atoms with Crippen LogP contribution in [0, 0.1) is 6.92 Å². The van der Waals surface area contributed by atoms with Crippen LogP contribution in [0.2, 0.25) is 0 Å². The van der Waals surface area contributed by atoms with Gasteiger partial charge in [0.2, 0.25) is 5.78 Å². The van der Waals surface area contributed by atoms with Crippen LogP contribution in [0.15, 0.2) is 103 Å². The molecule has 1 aliphatic rings. The van der Waals surface area contributed by atoms with Crippen molar-refractivity contribution in [2.75, 3.05) is 0 Å². The van der Waals surface area contributed by atoms with Crippen LogP contribution in [0.1, 0.15) is 33.9 Å². The highest BCUT2D eigenvalue weighted by Gasteiger charge is 2.44. The number of benzene rings is 2. The van der Waals surface area contributed by atoms with Gasteiger partial charge in [-0.15, -0.1) is 0 Å². The molecule has 37 heavy (non-hydrogen) atoms. The number of hydrogen-bond donors (Lipinski definition) is 0. The van der Waals surface area contributed by atoms with E-state index in [-0.39, 0.29) is 12.1 Å². The molecule has 1 atom stereocenters. The fourth-order valence-electron chi connectivity index (χ4n) is 4.44. The lowest BCUT2D eigenvalue weighted by atomic mass is 9.96. The monoisotopic (exact) mass is 491 g/mol. The summed E-state index contributed by atoms with van der Waals surface area (Å²) in [5.41, 5.74) is 3.92. The molecule has 0 spiro atoms. The molecule has 4 aromatic rings. The molecule has 1 amide bonds. The second kappa shape index (κ2) is 10.5. The number of carbonyl (C=O) groups is 2. The standard InChI is InChI=1S/C30H25N3O4/c1-20-5-2-3-7-24(20)19-37-25-10-8-23(9-11-25)28(34)26-27(22-12-15-31-16-13-22)33(30(36)29(26)35)18-21-6-4-14-32-17-21/h2-17,27,34H,18-19H2,1H3/b28-26+. The third kappa shape index (κ3) is 4.97. The van der Waals surface area contributed by atoms with Gasteiger partial charge in [-0.25, -0.2) is 4.98 Å². The predicted octanol–water partition coefficient (Wildman–Crippen LogP) is 3.21. The van der Waals surface area contributed by atoms with E-state index in [0.717, 1.165) is 16.7 Å². The van der Waals surface area contributed by atoms with Gasteiger partial charge in [-0.1, -0.05) is 42.2 Å². The van der Waals surface area contributed by atoms with Crippen LogP contribution >= 0.6 is 0 Å². The number of likely N-dealkylation sites (tertiary alicyclic amines) is 1. The number of hydrogen-bond acceptors (Lipinski definition) is 5. The van der Waals surface area contributed by atoms with E-state index < -0.39 is 23.5 Å². The second-order valence-corrected chi connectivity index (χ2v) is 8.84. The third-order valence-corrected chi connectivity index (χ3v) is 6.45. The summed E-state index contributed by atoms with van der Waals surface area (Å²) in [6.07, 6.45) is 6.69. The van der Waals surface area contributed by atoms with Crippen LogP contribution < -0.4 is 14.8 Å². The Morgan fingerprint density at radius 3 is 2.46 bits per heavy atom. The van der Waals surface area contributed by atoms with Crippen LogP contribution in [0.5, 0.6) is 5.75 Å². The molecule has 1 aliphatic heterocycles. The van der Waals surface area contributed by atoms with E-state index >= 15 is 0 Å². The summed E-state index contributed by atoms with van der Waals surface area (Å²) >= 11 is 0. The van der Waals surface area contributed by atoms with Crippen LogP contribution in [0.25, 0.3) is 5.76 Å². The molecule has 3 heterocycles. The number of ether oxygens (including phenoxy) is 1. The number of aryl methyl sites for hydroxylation is 1. The second-order valence-electron chi connectivity index (χ2n) is 8.84. The third-order valence-electron chi connectivity index (χ3n) is 6.45. The Kier molecular flexibility index (Phi) is 6.76. The molecule has 1 saturated heterocycles. The summed E-state index contributed by atoms with van der Waals surface area (Å²) in [5.74, 6) is -1.36. The van der Waals surface area contributed by atoms with Crippen molar-refractivity contribution in [2.24, 2.45) is 0 Å². The SMILES string of the molecule is Cc1ccccc1COc1ccc(/C([O-])=C2\C(=O)C(=O)N(Cc3ccc[nH+]c3)C2c2ccncc2)cc1. The molecular formula is C30H25N3O4. The maximum atomic E-state index is 13.6. The first-order valence-electron chi connectivity index (χ1n) is 11.9. The van der Waals surface area contributed by atoms with Crippen molar-refractivity contribution in [3.05, 3.63) is 131 Å². The van der Waals surface area contributed by atoms with Gasteiger partial charge in [0.05, 0.1) is 12.6 Å². The van der Waals surface area contributed by atoms with E-state index in [1.54, 1.807) is 61.2 Å². The van der Waals surface area contributed by atoms with Gasteiger partial charge >= 0.3 is 0 Å². The summed E-state index contributed by atoms with van der Waals surface area (Å²) < 4.78 is 5.89. The topological polar surface area (TPSA) is 96.7 Å². The number of H-pyrrole nitrogens is 1. The van der Waals surface area contributed by atoms with E-state index in [4.69, 9.17) is 4.74 Å². The van der Waals surface area contributed by atoms with Crippen LogP contribution in [0.4, 0.5) is 0 Å². The Hall–Kier alpha value is -4.78. The number of pyridine rings is 2. The average molecular weight is 492 g/mol. The van der Waals surface area contributed by atoms with E-state index in [9.17, 15) is 14.7 Å². The van der Waals surface area contributed by atoms with E-state index in [2.05, 4.69) is 9.97 Å². The molecule has 0 aliphatic carbocycles. The Morgan fingerprint density at radius 1 is 1.00 bits per heavy atom. The highest BCUT2D eigenvalue weighted by Crippen LogP contribution is 2.39. The molecule has 2 aromatic heterocycles. The molecule has 184 valence electrons. The molecule has 7 nitrogen and oxygen atoms in total. The van der Waals surface area contributed by atoms with E-state index in [1.807, 2.05) is 43.3 Å². The molecule has 5 rings (SSSR count). The fourth-order valence-corrected chi connectivity index (χ4v) is 4.44. The first kappa shape index (κ1) is 23.9. The molecule has 0 bridgehead atoms. The Bertz CT molecular complexity index is 1450. The molecule has 2 aromatic carbocycles. The quantitative estimate of drug-likeness (QED) is 0.225. The van der Waals surface area contributed by atoms with Crippen LogP contribution in [-0.2, 0) is 22.7 Å². The van der Waals surface area contributed by atoms with Gasteiger partial charge in [0, 0.05) is 29.6 Å². The summed E-state index contributed by atoms with van der Waals surface area (Å²) in [6, 6.07) is 20.9. The minimum Gasteiger partial charge on any atom is -0.872 e. The summed E-state index contributed by atoms with van der Waals surface area (Å²) in [6.45, 7) is 2.60. The number of ketones is 1. The Labute approximate surface area is 214 Å². The van der Waals surface area contributed by atoms with Crippen molar-refractivity contribution in [1.29, 1.82) is 0 Å². The lowest BCUT2D eigenvalue weighted by molar-refractivity contribution is -0.378. The van der Waals surface area contributed by atoms with Crippen molar-refractivity contribution in [2.45, 2.75) is 26.1 Å². The van der Waals surface area contributed by atoms with Crippen LogP contribution in [0.3, 0.4) is 0 Å². The normalized spacial score (nSPS) is 16.7. The molecule has 1 fully saturated rings. The summed E-state index contributed by atoms with van der Waals surface area (Å²) in [5, 5.41) is 13.6. The zero-order valence-electron chi connectivity index (χ0n) is 20.3. The minimum absolute atomic E-state index is 0.0651. The number of nitrogens with zero attached hydrogens (tertiary/aromatic N) is 2. The molecule has 1 unspecified atom stereocenters. The average Bonchev–Trinajstić information content (AvgIpc) is 3.18. The minimum atomic E-state index is -0.812. The number of amides is 1. The molecular weight excluding hydrogens is 466 g/mol. The van der Waals surface area contributed by atoms with E-state index in [1.165, 1.54) is 4.90 Å². The lowest BCUT2D eigenvalue weighted by Gasteiger charge is -2.27. The van der Waals surface area contributed by atoms with Crippen molar-refractivity contribution in [1.82, 2.24) is 9.88 Å². The highest BCUT2D eigenvalue weighted by atomic mass is 16.5. The van der Waals surface area contributed by atoms with Gasteiger partial charge in [-0.2, -0.15) is 0 Å². The summed E-state index contributed by atoms with van der Waals surface area (Å²) in [4.78, 5) is 34.7. The fraction of sp³-hybridized carbons (Fsp3) is 0.133. The summed E-state index contributed by atoms with van der Waals surface area (Å²) in [7, 11) is 0. The van der Waals surface area contributed by atoms with Gasteiger partial charge in [-0.3, -0.25) is 14.6 Å². The largest absolute Gasteiger partial charge is 0.872 e. The number of aromatic amines is 1. The van der Waals surface area contributed by atoms with Crippen molar-refractivity contribution in [3.8, 4) is 5.75 Å². The maximum Gasteiger partial charge on any atom is 0.295 e. The Morgan fingerprint density at radius 2 is 1.76 bits per heavy atom. The number of nitrogens with one attached hydrogen (secondary N) is 1. The lowest BCUT2D eigenvalue weighted by Crippen LogP contribution is -2.29. The van der Waals surface area contributed by atoms with Crippen molar-refractivity contribution in [3.63, 3.8) is 0 Å². The maximum absolute atomic E-state index is 13.6. The van der Waals surface area contributed by atoms with Gasteiger partial charge in [-0.05, 0) is 59.5 Å².